The molecule has 1 amide bonds. The van der Waals surface area contributed by atoms with Gasteiger partial charge in [0.2, 0.25) is 5.91 Å². The molecule has 3 rings (SSSR count). The van der Waals surface area contributed by atoms with Gasteiger partial charge < -0.3 is 19.8 Å². The molecule has 2 atom stereocenters. The summed E-state index contributed by atoms with van der Waals surface area (Å²) >= 11 is 0. The number of nitrogens with zero attached hydrogens (tertiary/aromatic N) is 2. The van der Waals surface area contributed by atoms with E-state index in [-0.39, 0.29) is 18.2 Å². The summed E-state index contributed by atoms with van der Waals surface area (Å²) in [6.07, 6.45) is 0.403. The maximum absolute atomic E-state index is 15.1. The summed E-state index contributed by atoms with van der Waals surface area (Å²) in [7, 11) is 0. The van der Waals surface area contributed by atoms with Gasteiger partial charge in [-0.3, -0.25) is 9.59 Å². The molecule has 1 fully saturated rings. The largest absolute Gasteiger partial charge is 0.481 e. The van der Waals surface area contributed by atoms with Crippen molar-refractivity contribution < 1.29 is 23.6 Å². The van der Waals surface area contributed by atoms with Crippen molar-refractivity contribution in [2.45, 2.75) is 53.4 Å². The lowest BCUT2D eigenvalue weighted by Gasteiger charge is -2.31. The number of rotatable bonds is 10. The molecule has 0 unspecified atom stereocenters. The van der Waals surface area contributed by atoms with Gasteiger partial charge >= 0.3 is 5.97 Å². The Hall–Kier alpha value is -2.90. The molecule has 8 heteroatoms. The van der Waals surface area contributed by atoms with Crippen molar-refractivity contribution in [3.8, 4) is 0 Å². The molecule has 0 saturated heterocycles. The number of amides is 1. The SMILES string of the molecule is Cc1cc(CC(=O)Nc2cc([C@@H]3C[C@@H]3C(=O)O)c(F)cc2N(CC(C)C)CC(C)C)on1. The van der Waals surface area contributed by atoms with Gasteiger partial charge in [0.15, 0.2) is 0 Å². The zero-order valence-electron chi connectivity index (χ0n) is 19.3. The maximum Gasteiger partial charge on any atom is 0.307 e. The highest BCUT2D eigenvalue weighted by Gasteiger charge is 2.45. The highest BCUT2D eigenvalue weighted by molar-refractivity contribution is 5.95. The Morgan fingerprint density at radius 2 is 1.88 bits per heavy atom. The predicted molar refractivity (Wildman–Crippen MR) is 120 cm³/mol. The first-order valence-electron chi connectivity index (χ1n) is 11.1. The van der Waals surface area contributed by atoms with Crippen LogP contribution in [-0.4, -0.2) is 35.2 Å². The lowest BCUT2D eigenvalue weighted by atomic mass is 10.0. The van der Waals surface area contributed by atoms with Crippen molar-refractivity contribution >= 4 is 23.3 Å². The molecule has 0 aliphatic heterocycles. The van der Waals surface area contributed by atoms with E-state index >= 15 is 4.39 Å². The first-order valence-corrected chi connectivity index (χ1v) is 11.1. The molecule has 2 aromatic rings. The number of aryl methyl sites for hydroxylation is 1. The van der Waals surface area contributed by atoms with Gasteiger partial charge in [-0.2, -0.15) is 0 Å². The van der Waals surface area contributed by atoms with Crippen LogP contribution in [0.5, 0.6) is 0 Å². The van der Waals surface area contributed by atoms with Crippen molar-refractivity contribution in [1.82, 2.24) is 5.16 Å². The van der Waals surface area contributed by atoms with Crippen LogP contribution < -0.4 is 10.2 Å². The van der Waals surface area contributed by atoms with Crippen molar-refractivity contribution in [3.05, 3.63) is 41.0 Å². The van der Waals surface area contributed by atoms with E-state index in [9.17, 15) is 14.7 Å². The fraction of sp³-hybridized carbons (Fsp3) is 0.542. The van der Waals surface area contributed by atoms with Crippen molar-refractivity contribution in [1.29, 1.82) is 0 Å². The van der Waals surface area contributed by atoms with Crippen LogP contribution >= 0.6 is 0 Å². The van der Waals surface area contributed by atoms with E-state index in [1.165, 1.54) is 6.07 Å². The van der Waals surface area contributed by atoms with E-state index in [1.807, 2.05) is 0 Å². The van der Waals surface area contributed by atoms with Gasteiger partial charge in [-0.1, -0.05) is 32.9 Å². The fourth-order valence-corrected chi connectivity index (χ4v) is 4.04. The second-order valence-corrected chi connectivity index (χ2v) is 9.53. The van der Waals surface area contributed by atoms with E-state index in [0.29, 0.717) is 59.7 Å². The number of hydrogen-bond acceptors (Lipinski definition) is 5. The standard InChI is InChI=1S/C24H32FN3O4/c1-13(2)11-28(12-14(3)4)22-10-20(25)18(17-8-19(17)24(30)31)9-21(22)26-23(29)7-16-6-15(5)27-32-16/h6,9-10,13-14,17,19H,7-8,11-12H2,1-5H3,(H,26,29)(H,30,31)/t17-,19-/m0/s1. The fourth-order valence-electron chi connectivity index (χ4n) is 4.04. The monoisotopic (exact) mass is 445 g/mol. The molecule has 1 aromatic carbocycles. The average molecular weight is 446 g/mol. The molecular weight excluding hydrogens is 413 g/mol. The summed E-state index contributed by atoms with van der Waals surface area (Å²) in [6, 6.07) is 4.74. The number of nitrogens with one attached hydrogen (secondary N) is 1. The van der Waals surface area contributed by atoms with Crippen LogP contribution in [0.4, 0.5) is 15.8 Å². The van der Waals surface area contributed by atoms with E-state index in [0.717, 1.165) is 0 Å². The van der Waals surface area contributed by atoms with Crippen molar-refractivity contribution in [2.75, 3.05) is 23.3 Å². The Morgan fingerprint density at radius 1 is 1.22 bits per heavy atom. The van der Waals surface area contributed by atoms with E-state index in [1.54, 1.807) is 19.1 Å². The Kier molecular flexibility index (Phi) is 7.21. The van der Waals surface area contributed by atoms with E-state index in [2.05, 4.69) is 43.1 Å². The molecule has 0 bridgehead atoms. The van der Waals surface area contributed by atoms with Crippen LogP contribution in [-0.2, 0) is 16.0 Å². The zero-order valence-corrected chi connectivity index (χ0v) is 19.3. The van der Waals surface area contributed by atoms with Crippen LogP contribution in [0.15, 0.2) is 22.7 Å². The van der Waals surface area contributed by atoms with Gasteiger partial charge in [-0.25, -0.2) is 4.39 Å². The summed E-state index contributed by atoms with van der Waals surface area (Å²) in [5.41, 5.74) is 2.11. The lowest BCUT2D eigenvalue weighted by molar-refractivity contribution is -0.138. The molecule has 0 spiro atoms. The molecule has 7 nitrogen and oxygen atoms in total. The number of hydrogen-bond donors (Lipinski definition) is 2. The molecular formula is C24H32FN3O4. The molecule has 174 valence electrons. The zero-order chi connectivity index (χ0) is 23.6. The molecule has 32 heavy (non-hydrogen) atoms. The Bertz CT molecular complexity index is 976. The topological polar surface area (TPSA) is 95.7 Å². The van der Waals surface area contributed by atoms with Gasteiger partial charge in [-0.15, -0.1) is 0 Å². The third-order valence-corrected chi connectivity index (χ3v) is 5.42. The third-order valence-electron chi connectivity index (χ3n) is 5.42. The quantitative estimate of drug-likeness (QED) is 0.554. The highest BCUT2D eigenvalue weighted by atomic mass is 19.1. The minimum atomic E-state index is -0.925. The Morgan fingerprint density at radius 3 is 2.38 bits per heavy atom. The van der Waals surface area contributed by atoms with Gasteiger partial charge in [0, 0.05) is 25.1 Å². The third kappa shape index (κ3) is 5.87. The molecule has 1 saturated carbocycles. The van der Waals surface area contributed by atoms with E-state index < -0.39 is 17.7 Å². The van der Waals surface area contributed by atoms with Crippen LogP contribution in [0.1, 0.15) is 57.1 Å². The van der Waals surface area contributed by atoms with Crippen LogP contribution in [0.2, 0.25) is 0 Å². The second kappa shape index (κ2) is 9.71. The van der Waals surface area contributed by atoms with Gasteiger partial charge in [0.1, 0.15) is 11.6 Å². The molecule has 1 aliphatic rings. The smallest absolute Gasteiger partial charge is 0.307 e. The molecule has 0 radical (unpaired) electrons. The number of benzene rings is 1. The van der Waals surface area contributed by atoms with Gasteiger partial charge in [0.05, 0.1) is 29.4 Å². The van der Waals surface area contributed by atoms with E-state index in [4.69, 9.17) is 4.52 Å². The Balaban J connectivity index is 1.95. The van der Waals surface area contributed by atoms with Crippen molar-refractivity contribution in [2.24, 2.45) is 17.8 Å². The summed E-state index contributed by atoms with van der Waals surface area (Å²) in [5.74, 6) is -1.52. The number of carboxylic acid groups (broad SMARTS) is 1. The lowest BCUT2D eigenvalue weighted by Crippen LogP contribution is -2.32. The van der Waals surface area contributed by atoms with Crippen LogP contribution in [0.25, 0.3) is 0 Å². The second-order valence-electron chi connectivity index (χ2n) is 9.53. The summed E-state index contributed by atoms with van der Waals surface area (Å²) in [4.78, 5) is 26.2. The predicted octanol–water partition coefficient (Wildman–Crippen LogP) is 4.61. The summed E-state index contributed by atoms with van der Waals surface area (Å²) in [5, 5.41) is 16.0. The Labute approximate surface area is 188 Å². The van der Waals surface area contributed by atoms with Crippen LogP contribution in [0, 0.1) is 30.5 Å². The number of anilines is 2. The van der Waals surface area contributed by atoms with Gasteiger partial charge in [0.25, 0.3) is 0 Å². The first kappa shape index (κ1) is 23.8. The number of carbonyl (C=O) groups is 2. The normalized spacial score (nSPS) is 17.6. The molecule has 2 N–H and O–H groups in total. The molecule has 1 aliphatic carbocycles. The average Bonchev–Trinajstić information content (AvgIpc) is 3.37. The van der Waals surface area contributed by atoms with Crippen molar-refractivity contribution in [3.63, 3.8) is 0 Å². The number of halogens is 1. The first-order chi connectivity index (χ1) is 15.0. The number of aromatic nitrogens is 1. The highest BCUT2D eigenvalue weighted by Crippen LogP contribution is 2.50. The number of carboxylic acids is 1. The molecule has 1 aromatic heterocycles. The minimum absolute atomic E-state index is 0.00251. The van der Waals surface area contributed by atoms with Crippen LogP contribution in [0.3, 0.4) is 0 Å². The van der Waals surface area contributed by atoms with Gasteiger partial charge in [-0.05, 0) is 42.9 Å². The summed E-state index contributed by atoms with van der Waals surface area (Å²) in [6.45, 7) is 11.5. The maximum atomic E-state index is 15.1. The number of aliphatic carboxylic acids is 1. The molecule has 1 heterocycles. The number of carbonyl (C=O) groups excluding carboxylic acids is 1. The minimum Gasteiger partial charge on any atom is -0.481 e. The summed E-state index contributed by atoms with van der Waals surface area (Å²) < 4.78 is 20.3.